The fourth-order valence-electron chi connectivity index (χ4n) is 1.99. The van der Waals surface area contributed by atoms with Gasteiger partial charge in [0.1, 0.15) is 11.6 Å². The molecule has 0 saturated carbocycles. The second kappa shape index (κ2) is 5.68. The first-order chi connectivity index (χ1) is 8.99. The number of rotatable bonds is 3. The van der Waals surface area contributed by atoms with Crippen LogP contribution >= 0.6 is 11.6 Å². The van der Waals surface area contributed by atoms with Crippen molar-refractivity contribution in [2.24, 2.45) is 5.73 Å². The molecule has 0 aliphatic carbocycles. The number of halogens is 3. The molecule has 100 valence electrons. The monoisotopic (exact) mass is 281 g/mol. The topological polar surface area (TPSA) is 26.0 Å². The third kappa shape index (κ3) is 3.11. The molecule has 2 rings (SSSR count). The molecular weight excluding hydrogens is 268 g/mol. The quantitative estimate of drug-likeness (QED) is 0.898. The summed E-state index contributed by atoms with van der Waals surface area (Å²) in [5.41, 5.74) is 8.13. The third-order valence-corrected chi connectivity index (χ3v) is 3.59. The minimum Gasteiger partial charge on any atom is -0.324 e. The summed E-state index contributed by atoms with van der Waals surface area (Å²) in [5, 5.41) is 0.595. The van der Waals surface area contributed by atoms with Gasteiger partial charge in [0, 0.05) is 17.1 Å². The minimum absolute atomic E-state index is 0.273. The number of benzene rings is 2. The second-order valence-electron chi connectivity index (χ2n) is 4.52. The standard InChI is InChI=1S/C15H14ClF2N/c1-9-3-2-4-12(15(9)16)14(19)7-10-5-6-11(17)8-13(10)18/h2-6,8,14H,7,19H2,1H3. The van der Waals surface area contributed by atoms with Crippen LogP contribution in [0.25, 0.3) is 0 Å². The summed E-state index contributed by atoms with van der Waals surface area (Å²) in [6.45, 7) is 1.89. The van der Waals surface area contributed by atoms with Crippen LogP contribution in [0.3, 0.4) is 0 Å². The lowest BCUT2D eigenvalue weighted by Crippen LogP contribution is -2.15. The lowest BCUT2D eigenvalue weighted by molar-refractivity contribution is 0.563. The molecule has 2 aromatic carbocycles. The van der Waals surface area contributed by atoms with Crippen LogP contribution in [0.1, 0.15) is 22.7 Å². The smallest absolute Gasteiger partial charge is 0.129 e. The molecule has 0 radical (unpaired) electrons. The highest BCUT2D eigenvalue weighted by Crippen LogP contribution is 2.27. The zero-order valence-corrected chi connectivity index (χ0v) is 11.2. The van der Waals surface area contributed by atoms with E-state index in [4.69, 9.17) is 17.3 Å². The Bertz CT molecular complexity index is 599. The van der Waals surface area contributed by atoms with Crippen molar-refractivity contribution in [3.8, 4) is 0 Å². The first kappa shape index (κ1) is 14.0. The number of hydrogen-bond donors (Lipinski definition) is 1. The molecule has 0 spiro atoms. The van der Waals surface area contributed by atoms with Crippen molar-refractivity contribution in [2.75, 3.05) is 0 Å². The summed E-state index contributed by atoms with van der Waals surface area (Å²) in [7, 11) is 0. The average molecular weight is 282 g/mol. The Morgan fingerprint density at radius 2 is 1.95 bits per heavy atom. The van der Waals surface area contributed by atoms with Crippen LogP contribution in [-0.4, -0.2) is 0 Å². The third-order valence-electron chi connectivity index (χ3n) is 3.08. The molecule has 0 aromatic heterocycles. The largest absolute Gasteiger partial charge is 0.324 e. The van der Waals surface area contributed by atoms with E-state index in [2.05, 4.69) is 0 Å². The molecule has 0 fully saturated rings. The minimum atomic E-state index is -0.594. The van der Waals surface area contributed by atoms with E-state index in [0.717, 1.165) is 17.2 Å². The molecule has 1 atom stereocenters. The van der Waals surface area contributed by atoms with E-state index in [1.807, 2.05) is 25.1 Å². The van der Waals surface area contributed by atoms with Crippen LogP contribution in [0.5, 0.6) is 0 Å². The van der Waals surface area contributed by atoms with Crippen LogP contribution in [0.4, 0.5) is 8.78 Å². The average Bonchev–Trinajstić information content (AvgIpc) is 2.36. The van der Waals surface area contributed by atoms with Gasteiger partial charge in [0.25, 0.3) is 0 Å². The zero-order valence-electron chi connectivity index (χ0n) is 10.5. The fourth-order valence-corrected chi connectivity index (χ4v) is 2.26. The summed E-state index contributed by atoms with van der Waals surface area (Å²) < 4.78 is 26.4. The molecule has 0 aliphatic heterocycles. The second-order valence-corrected chi connectivity index (χ2v) is 4.90. The van der Waals surface area contributed by atoms with E-state index in [1.54, 1.807) is 0 Å². The van der Waals surface area contributed by atoms with E-state index in [-0.39, 0.29) is 6.42 Å². The maximum absolute atomic E-state index is 13.6. The number of nitrogens with two attached hydrogens (primary N) is 1. The Morgan fingerprint density at radius 1 is 1.21 bits per heavy atom. The number of aryl methyl sites for hydroxylation is 1. The van der Waals surface area contributed by atoms with Crippen molar-refractivity contribution in [3.63, 3.8) is 0 Å². The van der Waals surface area contributed by atoms with Gasteiger partial charge in [-0.3, -0.25) is 0 Å². The van der Waals surface area contributed by atoms with Crippen LogP contribution in [0, 0.1) is 18.6 Å². The summed E-state index contributed by atoms with van der Waals surface area (Å²) >= 11 is 6.19. The van der Waals surface area contributed by atoms with Crippen LogP contribution in [0.2, 0.25) is 5.02 Å². The van der Waals surface area contributed by atoms with Gasteiger partial charge in [0.15, 0.2) is 0 Å². The lowest BCUT2D eigenvalue weighted by Gasteiger charge is -2.15. The van der Waals surface area contributed by atoms with Crippen molar-refractivity contribution in [2.45, 2.75) is 19.4 Å². The molecule has 0 amide bonds. The molecule has 1 unspecified atom stereocenters. The summed E-state index contributed by atoms with van der Waals surface area (Å²) in [6.07, 6.45) is 0.273. The zero-order chi connectivity index (χ0) is 14.0. The highest BCUT2D eigenvalue weighted by molar-refractivity contribution is 6.32. The Balaban J connectivity index is 2.25. The van der Waals surface area contributed by atoms with Gasteiger partial charge in [-0.2, -0.15) is 0 Å². The molecule has 2 aromatic rings. The van der Waals surface area contributed by atoms with E-state index in [9.17, 15) is 8.78 Å². The molecule has 2 N–H and O–H groups in total. The van der Waals surface area contributed by atoms with E-state index >= 15 is 0 Å². The van der Waals surface area contributed by atoms with Crippen molar-refractivity contribution in [1.29, 1.82) is 0 Å². The predicted molar refractivity (Wildman–Crippen MR) is 73.2 cm³/mol. The number of hydrogen-bond acceptors (Lipinski definition) is 1. The van der Waals surface area contributed by atoms with Crippen molar-refractivity contribution in [1.82, 2.24) is 0 Å². The maximum Gasteiger partial charge on any atom is 0.129 e. The van der Waals surface area contributed by atoms with Gasteiger partial charge in [-0.25, -0.2) is 8.78 Å². The van der Waals surface area contributed by atoms with Crippen molar-refractivity contribution in [3.05, 3.63) is 69.7 Å². The van der Waals surface area contributed by atoms with Gasteiger partial charge in [0.05, 0.1) is 0 Å². The molecule has 0 saturated heterocycles. The van der Waals surface area contributed by atoms with Crippen LogP contribution in [-0.2, 0) is 6.42 Å². The molecular formula is C15H14ClF2N. The van der Waals surface area contributed by atoms with E-state index in [1.165, 1.54) is 12.1 Å². The first-order valence-electron chi connectivity index (χ1n) is 5.93. The Hall–Kier alpha value is -1.45. The lowest BCUT2D eigenvalue weighted by atomic mass is 9.98. The van der Waals surface area contributed by atoms with Gasteiger partial charge in [-0.05, 0) is 36.1 Å². The summed E-state index contributed by atoms with van der Waals surface area (Å²) in [4.78, 5) is 0. The van der Waals surface area contributed by atoms with Gasteiger partial charge in [-0.15, -0.1) is 0 Å². The molecule has 0 aliphatic rings. The van der Waals surface area contributed by atoms with Crippen molar-refractivity contribution >= 4 is 11.6 Å². The molecule has 4 heteroatoms. The van der Waals surface area contributed by atoms with Crippen LogP contribution < -0.4 is 5.73 Å². The molecule has 1 nitrogen and oxygen atoms in total. The first-order valence-corrected chi connectivity index (χ1v) is 6.31. The van der Waals surface area contributed by atoms with E-state index < -0.39 is 17.7 Å². The van der Waals surface area contributed by atoms with Gasteiger partial charge < -0.3 is 5.73 Å². The molecule has 0 heterocycles. The summed E-state index contributed by atoms with van der Waals surface area (Å²) in [5.74, 6) is -1.18. The van der Waals surface area contributed by atoms with Crippen molar-refractivity contribution < 1.29 is 8.78 Å². The normalized spacial score (nSPS) is 12.5. The predicted octanol–water partition coefficient (Wildman–Crippen LogP) is 4.17. The SMILES string of the molecule is Cc1cccc(C(N)Cc2ccc(F)cc2F)c1Cl. The highest BCUT2D eigenvalue weighted by atomic mass is 35.5. The summed E-state index contributed by atoms with van der Waals surface area (Å²) in [6, 6.07) is 8.64. The molecule has 0 bridgehead atoms. The van der Waals surface area contributed by atoms with Gasteiger partial charge in [-0.1, -0.05) is 35.9 Å². The highest BCUT2D eigenvalue weighted by Gasteiger charge is 2.14. The fraction of sp³-hybridized carbons (Fsp3) is 0.200. The van der Waals surface area contributed by atoms with E-state index in [0.29, 0.717) is 10.6 Å². The van der Waals surface area contributed by atoms with Crippen LogP contribution in [0.15, 0.2) is 36.4 Å². The van der Waals surface area contributed by atoms with Gasteiger partial charge in [0.2, 0.25) is 0 Å². The molecule has 19 heavy (non-hydrogen) atoms. The Kier molecular flexibility index (Phi) is 4.17. The maximum atomic E-state index is 13.6. The Labute approximate surface area is 116 Å². The Morgan fingerprint density at radius 3 is 2.63 bits per heavy atom. The van der Waals surface area contributed by atoms with Gasteiger partial charge >= 0.3 is 0 Å².